The zero-order chi connectivity index (χ0) is 41.3. The van der Waals surface area contributed by atoms with Crippen LogP contribution in [0.2, 0.25) is 0 Å². The van der Waals surface area contributed by atoms with Gasteiger partial charge < -0.3 is 0 Å². The van der Waals surface area contributed by atoms with E-state index in [4.69, 9.17) is 0 Å². The summed E-state index contributed by atoms with van der Waals surface area (Å²) in [5.74, 6) is 0. The quantitative estimate of drug-likeness (QED) is 0.0702. The number of nitro benzene ring substituents is 2. The lowest BCUT2D eigenvalue weighted by molar-refractivity contribution is -0.385. The van der Waals surface area contributed by atoms with Crippen LogP contribution in [0.15, 0.2) is 194 Å². The molecule has 0 amide bonds. The summed E-state index contributed by atoms with van der Waals surface area (Å²) in [6.45, 7) is 0. The van der Waals surface area contributed by atoms with E-state index >= 15 is 0 Å². The van der Waals surface area contributed by atoms with Crippen molar-refractivity contribution < 1.29 is 9.85 Å². The molecule has 0 heterocycles. The molecule has 8 rings (SSSR count). The summed E-state index contributed by atoms with van der Waals surface area (Å²) in [7, 11) is 0. The molecule has 0 bridgehead atoms. The van der Waals surface area contributed by atoms with Crippen molar-refractivity contribution in [3.05, 3.63) is 270 Å². The van der Waals surface area contributed by atoms with E-state index in [0.717, 1.165) is 77.6 Å². The Bertz CT molecular complexity index is 2710. The second-order valence-electron chi connectivity index (χ2n) is 14.2. The Morgan fingerprint density at radius 2 is 0.650 bits per heavy atom. The third-order valence-electron chi connectivity index (χ3n) is 10.3. The van der Waals surface area contributed by atoms with E-state index in [1.807, 2.05) is 60.7 Å². The molecule has 0 saturated heterocycles. The maximum atomic E-state index is 11.3. The van der Waals surface area contributed by atoms with Crippen LogP contribution in [0.1, 0.15) is 55.6 Å². The van der Waals surface area contributed by atoms with Crippen molar-refractivity contribution in [2.45, 2.75) is 0 Å². The first kappa shape index (κ1) is 38.6. The van der Waals surface area contributed by atoms with E-state index in [0.29, 0.717) is 0 Å². The fourth-order valence-electron chi connectivity index (χ4n) is 7.18. The number of hydrogen-bond donors (Lipinski definition) is 0. The van der Waals surface area contributed by atoms with E-state index in [2.05, 4.69) is 121 Å². The maximum Gasteiger partial charge on any atom is 0.269 e. The van der Waals surface area contributed by atoms with E-state index in [9.17, 15) is 20.2 Å². The molecule has 0 aliphatic heterocycles. The molecule has 0 aliphatic rings. The molecular formula is C54H38N2O4. The second kappa shape index (κ2) is 17.9. The van der Waals surface area contributed by atoms with Crippen molar-refractivity contribution >= 4 is 69.7 Å². The summed E-state index contributed by atoms with van der Waals surface area (Å²) >= 11 is 0. The zero-order valence-electron chi connectivity index (χ0n) is 32.5. The van der Waals surface area contributed by atoms with Crippen molar-refractivity contribution in [3.63, 3.8) is 0 Å². The monoisotopic (exact) mass is 778 g/mol. The van der Waals surface area contributed by atoms with E-state index in [1.54, 1.807) is 48.5 Å². The van der Waals surface area contributed by atoms with Crippen molar-refractivity contribution in [2.75, 3.05) is 0 Å². The average Bonchev–Trinajstić information content (AvgIpc) is 3.30. The molecular weight excluding hydrogens is 741 g/mol. The van der Waals surface area contributed by atoms with Crippen molar-refractivity contribution in [1.29, 1.82) is 0 Å². The zero-order valence-corrected chi connectivity index (χ0v) is 32.5. The predicted octanol–water partition coefficient (Wildman–Crippen LogP) is 14.2. The molecule has 0 spiro atoms. The van der Waals surface area contributed by atoms with Crippen LogP contribution in [0, 0.1) is 20.2 Å². The number of non-ortho nitro benzene ring substituents is 2. The molecule has 0 atom stereocenters. The third kappa shape index (κ3) is 9.15. The van der Waals surface area contributed by atoms with Crippen LogP contribution in [0.25, 0.3) is 58.4 Å². The fraction of sp³-hybridized carbons (Fsp3) is 0. The summed E-state index contributed by atoms with van der Waals surface area (Å²) in [6.07, 6.45) is 12.8. The molecule has 0 saturated carbocycles. The van der Waals surface area contributed by atoms with Crippen LogP contribution in [-0.2, 0) is 0 Å². The highest BCUT2D eigenvalue weighted by Crippen LogP contribution is 2.31. The molecule has 6 heteroatoms. The average molecular weight is 779 g/mol. The topological polar surface area (TPSA) is 86.3 Å². The first-order valence-corrected chi connectivity index (χ1v) is 19.5. The molecule has 0 fully saturated rings. The highest BCUT2D eigenvalue weighted by Gasteiger charge is 2.11. The van der Waals surface area contributed by atoms with Gasteiger partial charge in [-0.15, -0.1) is 0 Å². The molecule has 288 valence electrons. The van der Waals surface area contributed by atoms with Crippen molar-refractivity contribution in [3.8, 4) is 0 Å². The number of benzene rings is 8. The van der Waals surface area contributed by atoms with Gasteiger partial charge in [-0.3, -0.25) is 20.2 Å². The minimum atomic E-state index is -0.381. The molecule has 8 aromatic carbocycles. The Hall–Kier alpha value is -8.22. The van der Waals surface area contributed by atoms with Gasteiger partial charge in [0.1, 0.15) is 0 Å². The molecule has 0 aromatic heterocycles. The van der Waals surface area contributed by atoms with Crippen LogP contribution in [0.4, 0.5) is 11.4 Å². The smallest absolute Gasteiger partial charge is 0.258 e. The Morgan fingerprint density at radius 3 is 1.00 bits per heavy atom. The van der Waals surface area contributed by atoms with Gasteiger partial charge in [0.05, 0.1) is 9.85 Å². The Morgan fingerprint density at radius 1 is 0.333 bits per heavy atom. The van der Waals surface area contributed by atoms with Gasteiger partial charge in [-0.2, -0.15) is 0 Å². The van der Waals surface area contributed by atoms with Gasteiger partial charge in [-0.1, -0.05) is 170 Å². The lowest BCUT2D eigenvalue weighted by Crippen LogP contribution is -1.91. The fourth-order valence-corrected chi connectivity index (χ4v) is 7.18. The SMILES string of the molecule is O=[N+]([O-])c1ccc(C(=Cc2ccc(C=Cc3ccc(C=Cc4ccc(C=C(c5ccccc5)c5ccc([N+](=O)[O-])cc5)cc4)c4ccccc34)cc2)c2ccccc2)cc1. The molecule has 0 N–H and O–H groups in total. The summed E-state index contributed by atoms with van der Waals surface area (Å²) in [6, 6.07) is 62.9. The third-order valence-corrected chi connectivity index (χ3v) is 10.3. The van der Waals surface area contributed by atoms with E-state index < -0.39 is 0 Å². The van der Waals surface area contributed by atoms with Gasteiger partial charge in [0.15, 0.2) is 0 Å². The Balaban J connectivity index is 1.00. The lowest BCUT2D eigenvalue weighted by Gasteiger charge is -2.09. The summed E-state index contributed by atoms with van der Waals surface area (Å²) < 4.78 is 0. The molecule has 6 nitrogen and oxygen atoms in total. The van der Waals surface area contributed by atoms with E-state index in [1.165, 1.54) is 0 Å². The van der Waals surface area contributed by atoms with Gasteiger partial charge >= 0.3 is 0 Å². The highest BCUT2D eigenvalue weighted by atomic mass is 16.6. The van der Waals surface area contributed by atoms with E-state index in [-0.39, 0.29) is 21.2 Å². The number of rotatable bonds is 12. The van der Waals surface area contributed by atoms with Crippen LogP contribution in [-0.4, -0.2) is 9.85 Å². The summed E-state index contributed by atoms with van der Waals surface area (Å²) in [5, 5.41) is 24.8. The van der Waals surface area contributed by atoms with Crippen LogP contribution >= 0.6 is 0 Å². The lowest BCUT2D eigenvalue weighted by atomic mass is 9.95. The van der Waals surface area contributed by atoms with Crippen LogP contribution < -0.4 is 0 Å². The largest absolute Gasteiger partial charge is 0.269 e. The van der Waals surface area contributed by atoms with Gasteiger partial charge in [0.25, 0.3) is 11.4 Å². The first-order valence-electron chi connectivity index (χ1n) is 19.5. The molecule has 0 radical (unpaired) electrons. The molecule has 60 heavy (non-hydrogen) atoms. The molecule has 8 aromatic rings. The number of nitrogens with zero attached hydrogens (tertiary/aromatic N) is 2. The highest BCUT2D eigenvalue weighted by molar-refractivity contribution is 5.99. The molecule has 0 aliphatic carbocycles. The summed E-state index contributed by atoms with van der Waals surface area (Å²) in [4.78, 5) is 21.7. The van der Waals surface area contributed by atoms with Gasteiger partial charge in [0, 0.05) is 24.3 Å². The standard InChI is InChI=1S/C54H38N2O4/c57-55(58)49-33-29-47(30-34-49)53(43-9-3-1-4-10-43)37-41-19-15-39(16-20-41)23-25-45-27-28-46(52-14-8-7-13-51(45)52)26-24-40-17-21-42(22-18-40)38-54(44-11-5-2-6-12-44)48-31-35-50(36-32-48)56(59)60/h1-38H. The minimum Gasteiger partial charge on any atom is -0.258 e. The second-order valence-corrected chi connectivity index (χ2v) is 14.2. The minimum absolute atomic E-state index is 0.0654. The maximum absolute atomic E-state index is 11.3. The van der Waals surface area contributed by atoms with Crippen LogP contribution in [0.3, 0.4) is 0 Å². The molecule has 0 unspecified atom stereocenters. The van der Waals surface area contributed by atoms with Crippen molar-refractivity contribution in [1.82, 2.24) is 0 Å². The number of hydrogen-bond acceptors (Lipinski definition) is 4. The Labute approximate surface area is 348 Å². The van der Waals surface area contributed by atoms with Gasteiger partial charge in [-0.25, -0.2) is 0 Å². The summed E-state index contributed by atoms with van der Waals surface area (Å²) in [5.41, 5.74) is 12.4. The Kier molecular flexibility index (Phi) is 11.5. The predicted molar refractivity (Wildman–Crippen MR) is 248 cm³/mol. The first-order chi connectivity index (χ1) is 29.4. The van der Waals surface area contributed by atoms with Gasteiger partial charge in [0.2, 0.25) is 0 Å². The van der Waals surface area contributed by atoms with Gasteiger partial charge in [-0.05, 0) is 114 Å². The normalized spacial score (nSPS) is 12.0. The number of nitro groups is 2. The number of fused-ring (bicyclic) bond motifs is 1. The van der Waals surface area contributed by atoms with Crippen molar-refractivity contribution in [2.24, 2.45) is 0 Å². The van der Waals surface area contributed by atoms with Crippen LogP contribution in [0.5, 0.6) is 0 Å².